The van der Waals surface area contributed by atoms with E-state index in [1.54, 1.807) is 14.2 Å². The van der Waals surface area contributed by atoms with Crippen molar-refractivity contribution in [3.05, 3.63) is 29.8 Å². The molecule has 0 aromatic heterocycles. The molecule has 5 nitrogen and oxygen atoms in total. The second-order valence-electron chi connectivity index (χ2n) is 4.77. The van der Waals surface area contributed by atoms with E-state index in [1.807, 2.05) is 31.2 Å². The van der Waals surface area contributed by atoms with E-state index in [-0.39, 0.29) is 24.8 Å². The Kier molecular flexibility index (Phi) is 6.45. The summed E-state index contributed by atoms with van der Waals surface area (Å²) in [6.45, 7) is 1.75. The zero-order chi connectivity index (χ0) is 15.2. The molecule has 20 heavy (non-hydrogen) atoms. The summed E-state index contributed by atoms with van der Waals surface area (Å²) in [5.41, 5.74) is 0.978. The Labute approximate surface area is 121 Å². The van der Waals surface area contributed by atoms with Crippen LogP contribution in [-0.4, -0.2) is 50.4 Å². The monoisotopic (exact) mass is 301 g/mol. The summed E-state index contributed by atoms with van der Waals surface area (Å²) in [7, 11) is -0.150. The van der Waals surface area contributed by atoms with Crippen LogP contribution in [0.4, 0.5) is 0 Å². The molecule has 114 valence electrons. The van der Waals surface area contributed by atoms with Crippen LogP contribution in [0.3, 0.4) is 0 Å². The lowest BCUT2D eigenvalue weighted by Gasteiger charge is -2.25. The van der Waals surface area contributed by atoms with Gasteiger partial charge < -0.3 is 9.84 Å². The van der Waals surface area contributed by atoms with E-state index in [1.165, 1.54) is 4.31 Å². The Bertz CT molecular complexity index is 516. The second-order valence-corrected chi connectivity index (χ2v) is 6.92. The van der Waals surface area contributed by atoms with Gasteiger partial charge in [0.2, 0.25) is 10.0 Å². The summed E-state index contributed by atoms with van der Waals surface area (Å²) in [4.78, 5) is 0. The standard InChI is InChI=1S/C14H23NO4S/c1-12(15(2)20(17,18)10-6-9-16)11-13-7-4-5-8-14(13)19-3/h4-5,7-8,12,16H,6,9-11H2,1-3H3. The Morgan fingerprint density at radius 3 is 2.60 bits per heavy atom. The fourth-order valence-corrected chi connectivity index (χ4v) is 3.39. The van der Waals surface area contributed by atoms with Crippen LogP contribution >= 0.6 is 0 Å². The van der Waals surface area contributed by atoms with E-state index in [9.17, 15) is 8.42 Å². The maximum absolute atomic E-state index is 12.1. The van der Waals surface area contributed by atoms with Gasteiger partial charge in [0, 0.05) is 19.7 Å². The van der Waals surface area contributed by atoms with Crippen molar-refractivity contribution < 1.29 is 18.3 Å². The number of rotatable bonds is 8. The Balaban J connectivity index is 2.77. The summed E-state index contributed by atoms with van der Waals surface area (Å²) in [6.07, 6.45) is 0.840. The summed E-state index contributed by atoms with van der Waals surface area (Å²) in [5, 5.41) is 8.75. The number of sulfonamides is 1. The minimum Gasteiger partial charge on any atom is -0.496 e. The third-order valence-electron chi connectivity index (χ3n) is 3.33. The van der Waals surface area contributed by atoms with Gasteiger partial charge >= 0.3 is 0 Å². The minimum absolute atomic E-state index is 0.0315. The molecule has 0 bridgehead atoms. The van der Waals surface area contributed by atoms with E-state index in [4.69, 9.17) is 9.84 Å². The predicted molar refractivity (Wildman–Crippen MR) is 79.4 cm³/mol. The first-order valence-corrected chi connectivity index (χ1v) is 8.21. The molecule has 0 radical (unpaired) electrons. The topological polar surface area (TPSA) is 66.8 Å². The Morgan fingerprint density at radius 1 is 1.35 bits per heavy atom. The fraction of sp³-hybridized carbons (Fsp3) is 0.571. The van der Waals surface area contributed by atoms with Gasteiger partial charge in [0.1, 0.15) is 5.75 Å². The van der Waals surface area contributed by atoms with Gasteiger partial charge in [-0.05, 0) is 31.4 Å². The van der Waals surface area contributed by atoms with Crippen LogP contribution in [0, 0.1) is 0 Å². The number of aliphatic hydroxyl groups excluding tert-OH is 1. The van der Waals surface area contributed by atoms with Crippen molar-refractivity contribution in [3.8, 4) is 5.75 Å². The van der Waals surface area contributed by atoms with Gasteiger partial charge in [0.05, 0.1) is 12.9 Å². The lowest BCUT2D eigenvalue weighted by atomic mass is 10.1. The number of hydrogen-bond acceptors (Lipinski definition) is 4. The van der Waals surface area contributed by atoms with Crippen molar-refractivity contribution in [2.45, 2.75) is 25.8 Å². The van der Waals surface area contributed by atoms with Crippen LogP contribution in [-0.2, 0) is 16.4 Å². The quantitative estimate of drug-likeness (QED) is 0.785. The highest BCUT2D eigenvalue weighted by atomic mass is 32.2. The van der Waals surface area contributed by atoms with E-state index in [0.717, 1.165) is 11.3 Å². The molecule has 1 atom stereocenters. The number of benzene rings is 1. The highest BCUT2D eigenvalue weighted by Crippen LogP contribution is 2.21. The van der Waals surface area contributed by atoms with Crippen molar-refractivity contribution in [2.75, 3.05) is 26.5 Å². The largest absolute Gasteiger partial charge is 0.496 e. The Morgan fingerprint density at radius 2 is 2.00 bits per heavy atom. The summed E-state index contributed by atoms with van der Waals surface area (Å²) in [6, 6.07) is 7.42. The molecule has 1 N–H and O–H groups in total. The number of methoxy groups -OCH3 is 1. The van der Waals surface area contributed by atoms with Gasteiger partial charge in [-0.15, -0.1) is 0 Å². The average molecular weight is 301 g/mol. The molecule has 6 heteroatoms. The number of likely N-dealkylation sites (N-methyl/N-ethyl adjacent to an activating group) is 1. The van der Waals surface area contributed by atoms with Crippen molar-refractivity contribution in [1.82, 2.24) is 4.31 Å². The van der Waals surface area contributed by atoms with Gasteiger partial charge in [-0.2, -0.15) is 0 Å². The minimum atomic E-state index is -3.33. The zero-order valence-corrected chi connectivity index (χ0v) is 13.1. The maximum atomic E-state index is 12.1. The van der Waals surface area contributed by atoms with Crippen molar-refractivity contribution >= 4 is 10.0 Å². The highest BCUT2D eigenvalue weighted by molar-refractivity contribution is 7.89. The van der Waals surface area contributed by atoms with Crippen LogP contribution in [0.15, 0.2) is 24.3 Å². The number of nitrogens with zero attached hydrogens (tertiary/aromatic N) is 1. The van der Waals surface area contributed by atoms with E-state index >= 15 is 0 Å². The molecule has 0 aliphatic rings. The molecular formula is C14H23NO4S. The molecule has 0 heterocycles. The van der Waals surface area contributed by atoms with Gasteiger partial charge in [-0.25, -0.2) is 12.7 Å². The Hall–Kier alpha value is -1.11. The summed E-state index contributed by atoms with van der Waals surface area (Å²) in [5.74, 6) is 0.733. The average Bonchev–Trinajstić information content (AvgIpc) is 2.44. The molecule has 0 saturated heterocycles. The van der Waals surface area contributed by atoms with Gasteiger partial charge in [0.25, 0.3) is 0 Å². The normalized spacial score (nSPS) is 13.4. The lowest BCUT2D eigenvalue weighted by molar-refractivity contribution is 0.293. The second kappa shape index (κ2) is 7.61. The van der Waals surface area contributed by atoms with Crippen LogP contribution < -0.4 is 4.74 Å². The molecule has 1 unspecified atom stereocenters. The predicted octanol–water partition coefficient (Wildman–Crippen LogP) is 1.27. The number of ether oxygens (including phenoxy) is 1. The lowest BCUT2D eigenvalue weighted by Crippen LogP contribution is -2.38. The molecule has 0 aliphatic heterocycles. The van der Waals surface area contributed by atoms with Crippen molar-refractivity contribution in [2.24, 2.45) is 0 Å². The molecule has 0 amide bonds. The van der Waals surface area contributed by atoms with Crippen molar-refractivity contribution in [3.63, 3.8) is 0 Å². The SMILES string of the molecule is COc1ccccc1CC(C)N(C)S(=O)(=O)CCCO. The van der Waals surface area contributed by atoms with Crippen LogP contribution in [0.25, 0.3) is 0 Å². The highest BCUT2D eigenvalue weighted by Gasteiger charge is 2.23. The third-order valence-corrected chi connectivity index (χ3v) is 5.37. The summed E-state index contributed by atoms with van der Waals surface area (Å²) < 4.78 is 30.8. The number of hydrogen-bond donors (Lipinski definition) is 1. The first-order chi connectivity index (χ1) is 9.42. The number of aliphatic hydroxyl groups is 1. The van der Waals surface area contributed by atoms with Gasteiger partial charge in [0.15, 0.2) is 0 Å². The first-order valence-electron chi connectivity index (χ1n) is 6.61. The maximum Gasteiger partial charge on any atom is 0.214 e. The molecule has 0 aliphatic carbocycles. The molecule has 0 saturated carbocycles. The van der Waals surface area contributed by atoms with Gasteiger partial charge in [-0.3, -0.25) is 0 Å². The summed E-state index contributed by atoms with van der Waals surface area (Å²) >= 11 is 0. The first kappa shape index (κ1) is 16.9. The molecule has 1 rings (SSSR count). The third kappa shape index (κ3) is 4.47. The van der Waals surface area contributed by atoms with Crippen LogP contribution in [0.1, 0.15) is 18.9 Å². The van der Waals surface area contributed by atoms with Crippen LogP contribution in [0.2, 0.25) is 0 Å². The molecule has 0 spiro atoms. The van der Waals surface area contributed by atoms with E-state index < -0.39 is 10.0 Å². The molecule has 1 aromatic carbocycles. The van der Waals surface area contributed by atoms with E-state index in [0.29, 0.717) is 6.42 Å². The molecule has 0 fully saturated rings. The molecular weight excluding hydrogens is 278 g/mol. The van der Waals surface area contributed by atoms with E-state index in [2.05, 4.69) is 0 Å². The zero-order valence-electron chi connectivity index (χ0n) is 12.2. The molecule has 1 aromatic rings. The fourth-order valence-electron chi connectivity index (χ4n) is 1.98. The van der Waals surface area contributed by atoms with Gasteiger partial charge in [-0.1, -0.05) is 18.2 Å². The smallest absolute Gasteiger partial charge is 0.214 e. The van der Waals surface area contributed by atoms with Crippen LogP contribution in [0.5, 0.6) is 5.75 Å². The van der Waals surface area contributed by atoms with Crippen molar-refractivity contribution in [1.29, 1.82) is 0 Å². The number of para-hydroxylation sites is 1.